The predicted octanol–water partition coefficient (Wildman–Crippen LogP) is 2.17. The second-order valence-electron chi connectivity index (χ2n) is 5.89. The van der Waals surface area contributed by atoms with Gasteiger partial charge in [-0.15, -0.1) is 0 Å². The van der Waals surface area contributed by atoms with Crippen LogP contribution in [-0.2, 0) is 4.79 Å². The predicted molar refractivity (Wildman–Crippen MR) is 80.6 cm³/mol. The molecular weight excluding hydrogens is 271 g/mol. The number of hydrogen-bond acceptors (Lipinski definition) is 3. The summed E-state index contributed by atoms with van der Waals surface area (Å²) in [4.78, 5) is 14.1. The van der Waals surface area contributed by atoms with Crippen LogP contribution in [0.2, 0.25) is 0 Å². The van der Waals surface area contributed by atoms with Crippen molar-refractivity contribution in [3.63, 3.8) is 0 Å². The Morgan fingerprint density at radius 3 is 3.00 bits per heavy atom. The molecule has 0 aliphatic carbocycles. The Balaban J connectivity index is 1.87. The molecule has 21 heavy (non-hydrogen) atoms. The third-order valence-electron chi connectivity index (χ3n) is 4.05. The third-order valence-corrected chi connectivity index (χ3v) is 4.05. The van der Waals surface area contributed by atoms with E-state index in [2.05, 4.69) is 5.32 Å². The molecule has 116 valence electrons. The number of likely N-dealkylation sites (tertiary alicyclic amines) is 1. The lowest BCUT2D eigenvalue weighted by molar-refractivity contribution is -0.118. The molecule has 0 saturated carbocycles. The second kappa shape index (κ2) is 7.00. The van der Waals surface area contributed by atoms with E-state index < -0.39 is 0 Å². The number of aliphatic hydroxyl groups is 1. The highest BCUT2D eigenvalue weighted by Crippen LogP contribution is 2.19. The molecule has 1 amide bonds. The quantitative estimate of drug-likeness (QED) is 0.895. The van der Waals surface area contributed by atoms with Crippen molar-refractivity contribution < 1.29 is 14.3 Å². The summed E-state index contributed by atoms with van der Waals surface area (Å²) in [7, 11) is 0. The zero-order valence-electron chi connectivity index (χ0n) is 12.6. The van der Waals surface area contributed by atoms with Gasteiger partial charge in [0.25, 0.3) is 0 Å². The van der Waals surface area contributed by atoms with Gasteiger partial charge in [-0.25, -0.2) is 4.39 Å². The molecule has 0 aromatic heterocycles. The average molecular weight is 294 g/mol. The van der Waals surface area contributed by atoms with E-state index in [-0.39, 0.29) is 30.3 Å². The molecule has 1 aromatic carbocycles. The zero-order valence-corrected chi connectivity index (χ0v) is 12.6. The van der Waals surface area contributed by atoms with Gasteiger partial charge in [-0.2, -0.15) is 0 Å². The van der Waals surface area contributed by atoms with E-state index in [1.807, 2.05) is 4.90 Å². The number of carbonyl (C=O) groups excluding carboxylic acids is 1. The largest absolute Gasteiger partial charge is 0.393 e. The first-order chi connectivity index (χ1) is 9.95. The van der Waals surface area contributed by atoms with Crippen LogP contribution >= 0.6 is 0 Å². The molecule has 0 radical (unpaired) electrons. The minimum atomic E-state index is -0.345. The first-order valence-corrected chi connectivity index (χ1v) is 7.42. The van der Waals surface area contributed by atoms with Crippen LogP contribution in [0.5, 0.6) is 0 Å². The van der Waals surface area contributed by atoms with Gasteiger partial charge < -0.3 is 10.4 Å². The van der Waals surface area contributed by atoms with Crippen molar-refractivity contribution in [3.8, 4) is 0 Å². The molecule has 0 spiro atoms. The molecule has 0 bridgehead atoms. The number of hydrogen-bond donors (Lipinski definition) is 2. The number of benzene rings is 1. The van der Waals surface area contributed by atoms with Gasteiger partial charge in [0, 0.05) is 12.2 Å². The number of halogens is 1. The second-order valence-corrected chi connectivity index (χ2v) is 5.89. The Labute approximate surface area is 125 Å². The normalized spacial score (nSPS) is 21.0. The van der Waals surface area contributed by atoms with Gasteiger partial charge in [-0.05, 0) is 56.8 Å². The van der Waals surface area contributed by atoms with Crippen molar-refractivity contribution in [3.05, 3.63) is 29.6 Å². The van der Waals surface area contributed by atoms with E-state index in [0.717, 1.165) is 25.9 Å². The van der Waals surface area contributed by atoms with Crippen molar-refractivity contribution in [1.82, 2.24) is 4.90 Å². The summed E-state index contributed by atoms with van der Waals surface area (Å²) in [5.74, 6) is -0.243. The summed E-state index contributed by atoms with van der Waals surface area (Å²) in [5.41, 5.74) is 1.04. The molecule has 2 atom stereocenters. The molecule has 1 fully saturated rings. The molecule has 2 unspecified atom stereocenters. The smallest absolute Gasteiger partial charge is 0.238 e. The van der Waals surface area contributed by atoms with Crippen molar-refractivity contribution >= 4 is 11.6 Å². The van der Waals surface area contributed by atoms with Crippen LogP contribution in [0.25, 0.3) is 0 Å². The lowest BCUT2D eigenvalue weighted by atomic mass is 9.93. The number of piperidine rings is 1. The van der Waals surface area contributed by atoms with Crippen LogP contribution < -0.4 is 5.32 Å². The highest BCUT2D eigenvalue weighted by Gasteiger charge is 2.24. The van der Waals surface area contributed by atoms with Gasteiger partial charge in [0.15, 0.2) is 0 Å². The Morgan fingerprint density at radius 2 is 2.33 bits per heavy atom. The average Bonchev–Trinajstić information content (AvgIpc) is 2.43. The van der Waals surface area contributed by atoms with E-state index in [1.54, 1.807) is 26.0 Å². The van der Waals surface area contributed by atoms with Gasteiger partial charge in [0.1, 0.15) is 5.82 Å². The Hall–Kier alpha value is -1.46. The van der Waals surface area contributed by atoms with E-state index >= 15 is 0 Å². The number of anilines is 1. The maximum atomic E-state index is 13.4. The van der Waals surface area contributed by atoms with Gasteiger partial charge in [0.2, 0.25) is 5.91 Å². The highest BCUT2D eigenvalue weighted by molar-refractivity contribution is 5.92. The highest BCUT2D eigenvalue weighted by atomic mass is 19.1. The number of carbonyl (C=O) groups is 1. The molecule has 1 aliphatic rings. The SMILES string of the molecule is Cc1ccc(NC(=O)CN2CCCC(C(C)O)C2)cc1F. The van der Waals surface area contributed by atoms with E-state index in [1.165, 1.54) is 6.07 Å². The van der Waals surface area contributed by atoms with E-state index in [4.69, 9.17) is 0 Å². The third kappa shape index (κ3) is 4.51. The lowest BCUT2D eigenvalue weighted by Crippen LogP contribution is -2.43. The standard InChI is InChI=1S/C16H23FN2O2/c1-11-5-6-14(8-15(11)17)18-16(21)10-19-7-3-4-13(9-19)12(2)20/h5-6,8,12-13,20H,3-4,7,9-10H2,1-2H3,(H,18,21). The number of aryl methyl sites for hydroxylation is 1. The molecule has 2 rings (SSSR count). The van der Waals surface area contributed by atoms with Crippen molar-refractivity contribution in [2.75, 3.05) is 25.0 Å². The van der Waals surface area contributed by atoms with E-state index in [0.29, 0.717) is 11.3 Å². The maximum absolute atomic E-state index is 13.4. The van der Waals surface area contributed by atoms with Crippen LogP contribution in [-0.4, -0.2) is 41.7 Å². The van der Waals surface area contributed by atoms with Crippen LogP contribution in [0.4, 0.5) is 10.1 Å². The molecule has 1 aliphatic heterocycles. The Morgan fingerprint density at radius 1 is 1.57 bits per heavy atom. The molecule has 2 N–H and O–H groups in total. The fourth-order valence-electron chi connectivity index (χ4n) is 2.70. The number of aliphatic hydroxyl groups excluding tert-OH is 1. The van der Waals surface area contributed by atoms with Crippen molar-refractivity contribution in [2.24, 2.45) is 5.92 Å². The molecule has 1 saturated heterocycles. The summed E-state index contributed by atoms with van der Waals surface area (Å²) < 4.78 is 13.4. The first kappa shape index (κ1) is 15.9. The summed E-state index contributed by atoms with van der Waals surface area (Å²) in [6.45, 7) is 5.35. The van der Waals surface area contributed by atoms with Crippen molar-refractivity contribution in [1.29, 1.82) is 0 Å². The summed E-state index contributed by atoms with van der Waals surface area (Å²) >= 11 is 0. The minimum absolute atomic E-state index is 0.149. The summed E-state index contributed by atoms with van der Waals surface area (Å²) in [6, 6.07) is 4.68. The fourth-order valence-corrected chi connectivity index (χ4v) is 2.70. The van der Waals surface area contributed by atoms with E-state index in [9.17, 15) is 14.3 Å². The monoisotopic (exact) mass is 294 g/mol. The summed E-state index contributed by atoms with van der Waals surface area (Å²) in [5, 5.41) is 12.4. The molecule has 1 aromatic rings. The number of nitrogens with one attached hydrogen (secondary N) is 1. The van der Waals surface area contributed by atoms with Crippen molar-refractivity contribution in [2.45, 2.75) is 32.8 Å². The number of rotatable bonds is 4. The number of amides is 1. The Kier molecular flexibility index (Phi) is 5.31. The molecular formula is C16H23FN2O2. The van der Waals surface area contributed by atoms with Crippen LogP contribution in [0.3, 0.4) is 0 Å². The van der Waals surface area contributed by atoms with Crippen LogP contribution in [0.1, 0.15) is 25.3 Å². The zero-order chi connectivity index (χ0) is 15.4. The number of nitrogens with zero attached hydrogens (tertiary/aromatic N) is 1. The topological polar surface area (TPSA) is 52.6 Å². The van der Waals surface area contributed by atoms with Gasteiger partial charge in [0.05, 0.1) is 12.6 Å². The lowest BCUT2D eigenvalue weighted by Gasteiger charge is -2.33. The summed E-state index contributed by atoms with van der Waals surface area (Å²) in [6.07, 6.45) is 1.64. The van der Waals surface area contributed by atoms with Crippen LogP contribution in [0, 0.1) is 18.7 Å². The molecule has 1 heterocycles. The maximum Gasteiger partial charge on any atom is 0.238 e. The molecule has 5 heteroatoms. The van der Waals surface area contributed by atoms with Gasteiger partial charge in [-0.3, -0.25) is 9.69 Å². The minimum Gasteiger partial charge on any atom is -0.393 e. The molecule has 4 nitrogen and oxygen atoms in total. The Bertz CT molecular complexity index is 505. The van der Waals surface area contributed by atoms with Crippen LogP contribution in [0.15, 0.2) is 18.2 Å². The van der Waals surface area contributed by atoms with Gasteiger partial charge in [-0.1, -0.05) is 6.07 Å². The van der Waals surface area contributed by atoms with Gasteiger partial charge >= 0.3 is 0 Å². The first-order valence-electron chi connectivity index (χ1n) is 7.42. The fraction of sp³-hybridized carbons (Fsp3) is 0.562.